The second kappa shape index (κ2) is 6.76. The van der Waals surface area contributed by atoms with Crippen molar-refractivity contribution in [1.29, 1.82) is 0 Å². The zero-order chi connectivity index (χ0) is 21.2. The van der Waals surface area contributed by atoms with Crippen molar-refractivity contribution in [3.8, 4) is 0 Å². The molecule has 5 rings (SSSR count). The van der Waals surface area contributed by atoms with Crippen LogP contribution in [0.3, 0.4) is 0 Å². The SMILES string of the molecule is Cc1ncnc2c1ccn2[C@@H]1O[C@H]([C@H](F)c2ccc(F)c(F)c2)[C@H]2OC(C)(C)O[C@H]21. The second-order valence-electron chi connectivity index (χ2n) is 8.05. The van der Waals surface area contributed by atoms with Crippen LogP contribution in [0.2, 0.25) is 0 Å². The van der Waals surface area contributed by atoms with Crippen molar-refractivity contribution >= 4 is 11.0 Å². The van der Waals surface area contributed by atoms with Crippen molar-refractivity contribution < 1.29 is 27.4 Å². The lowest BCUT2D eigenvalue weighted by atomic mass is 10.00. The van der Waals surface area contributed by atoms with Crippen LogP contribution in [0, 0.1) is 18.6 Å². The molecule has 2 aliphatic heterocycles. The highest BCUT2D eigenvalue weighted by Gasteiger charge is 2.58. The van der Waals surface area contributed by atoms with Gasteiger partial charge in [0.05, 0.1) is 5.69 Å². The van der Waals surface area contributed by atoms with E-state index >= 15 is 4.39 Å². The van der Waals surface area contributed by atoms with Gasteiger partial charge < -0.3 is 18.8 Å². The van der Waals surface area contributed by atoms with Gasteiger partial charge in [0, 0.05) is 11.6 Å². The van der Waals surface area contributed by atoms with Gasteiger partial charge in [0.2, 0.25) is 0 Å². The number of aryl methyl sites for hydroxylation is 1. The molecular formula is C21H20F3N3O3. The molecule has 0 saturated carbocycles. The van der Waals surface area contributed by atoms with E-state index in [2.05, 4.69) is 9.97 Å². The fourth-order valence-corrected chi connectivity index (χ4v) is 4.24. The van der Waals surface area contributed by atoms with Gasteiger partial charge in [0.15, 0.2) is 29.8 Å². The van der Waals surface area contributed by atoms with E-state index in [0.717, 1.165) is 23.2 Å². The van der Waals surface area contributed by atoms with Crippen LogP contribution in [-0.2, 0) is 14.2 Å². The lowest BCUT2D eigenvalue weighted by Crippen LogP contribution is -2.32. The first-order valence-electron chi connectivity index (χ1n) is 9.63. The van der Waals surface area contributed by atoms with Crippen molar-refractivity contribution in [2.75, 3.05) is 0 Å². The van der Waals surface area contributed by atoms with Crippen LogP contribution in [-0.4, -0.2) is 38.6 Å². The van der Waals surface area contributed by atoms with E-state index in [1.54, 1.807) is 24.6 Å². The molecule has 3 aromatic rings. The average Bonchev–Trinajstić information content (AvgIpc) is 3.34. The van der Waals surface area contributed by atoms with Gasteiger partial charge >= 0.3 is 0 Å². The van der Waals surface area contributed by atoms with Crippen molar-refractivity contribution in [2.45, 2.75) is 57.3 Å². The molecule has 0 amide bonds. The van der Waals surface area contributed by atoms with E-state index in [1.165, 1.54) is 12.4 Å². The van der Waals surface area contributed by atoms with E-state index in [1.807, 2.05) is 13.0 Å². The van der Waals surface area contributed by atoms with Gasteiger partial charge in [-0.3, -0.25) is 0 Å². The summed E-state index contributed by atoms with van der Waals surface area (Å²) in [5.41, 5.74) is 1.41. The minimum Gasteiger partial charge on any atom is -0.346 e. The number of ether oxygens (including phenoxy) is 3. The van der Waals surface area contributed by atoms with E-state index in [9.17, 15) is 8.78 Å². The molecule has 0 N–H and O–H groups in total. The maximum atomic E-state index is 15.5. The Balaban J connectivity index is 1.54. The van der Waals surface area contributed by atoms with Crippen LogP contribution in [0.4, 0.5) is 13.2 Å². The van der Waals surface area contributed by atoms with Crippen molar-refractivity contribution in [3.05, 3.63) is 59.7 Å². The Hall–Kier alpha value is -2.49. The molecule has 158 valence electrons. The van der Waals surface area contributed by atoms with Crippen molar-refractivity contribution in [1.82, 2.24) is 14.5 Å². The summed E-state index contributed by atoms with van der Waals surface area (Å²) >= 11 is 0. The summed E-state index contributed by atoms with van der Waals surface area (Å²) in [7, 11) is 0. The number of benzene rings is 1. The predicted molar refractivity (Wildman–Crippen MR) is 100 cm³/mol. The number of hydrogen-bond acceptors (Lipinski definition) is 5. The Labute approximate surface area is 170 Å². The molecule has 2 fully saturated rings. The third-order valence-electron chi connectivity index (χ3n) is 5.60. The standard InChI is InChI=1S/C21H20F3N3O3/c1-10-12-6-7-27(19(12)26-9-25-10)20-18-17(29-21(2,3)30-18)16(28-20)15(24)11-4-5-13(22)14(23)8-11/h4-9,15-18,20H,1-3H3/t15-,16-,17-,18-,20-/m1/s1. The number of nitrogens with zero attached hydrogens (tertiary/aromatic N) is 3. The first-order valence-corrected chi connectivity index (χ1v) is 9.63. The minimum atomic E-state index is -1.74. The maximum absolute atomic E-state index is 15.5. The normalized spacial score (nSPS) is 28.7. The molecule has 2 aromatic heterocycles. The number of hydrogen-bond donors (Lipinski definition) is 0. The van der Waals surface area contributed by atoms with Gasteiger partial charge in [-0.2, -0.15) is 0 Å². The zero-order valence-electron chi connectivity index (χ0n) is 16.6. The third kappa shape index (κ3) is 3.00. The summed E-state index contributed by atoms with van der Waals surface area (Å²) in [5.74, 6) is -3.10. The fourth-order valence-electron chi connectivity index (χ4n) is 4.24. The van der Waals surface area contributed by atoms with Crippen molar-refractivity contribution in [2.24, 2.45) is 0 Å². The molecular weight excluding hydrogens is 399 g/mol. The van der Waals surface area contributed by atoms with Crippen LogP contribution in [0.25, 0.3) is 11.0 Å². The lowest BCUT2D eigenvalue weighted by molar-refractivity contribution is -0.203. The monoisotopic (exact) mass is 419 g/mol. The van der Waals surface area contributed by atoms with Crippen LogP contribution in [0.1, 0.15) is 37.5 Å². The van der Waals surface area contributed by atoms with E-state index in [0.29, 0.717) is 5.65 Å². The predicted octanol–water partition coefficient (Wildman–Crippen LogP) is 4.15. The molecule has 5 atom stereocenters. The quantitative estimate of drug-likeness (QED) is 0.639. The molecule has 0 bridgehead atoms. The Morgan fingerprint density at radius 3 is 2.60 bits per heavy atom. The van der Waals surface area contributed by atoms with Crippen molar-refractivity contribution in [3.63, 3.8) is 0 Å². The molecule has 9 heteroatoms. The smallest absolute Gasteiger partial charge is 0.164 e. The molecule has 30 heavy (non-hydrogen) atoms. The van der Waals surface area contributed by atoms with Gasteiger partial charge in [-0.15, -0.1) is 0 Å². The Bertz CT molecular complexity index is 1120. The molecule has 0 unspecified atom stereocenters. The molecule has 0 spiro atoms. The van der Waals surface area contributed by atoms with E-state index in [4.69, 9.17) is 14.2 Å². The number of alkyl halides is 1. The molecule has 2 saturated heterocycles. The highest BCUT2D eigenvalue weighted by atomic mass is 19.2. The first kappa shape index (κ1) is 19.5. The van der Waals surface area contributed by atoms with E-state index < -0.39 is 48.1 Å². The highest BCUT2D eigenvalue weighted by Crippen LogP contribution is 2.48. The number of fused-ring (bicyclic) bond motifs is 2. The van der Waals surface area contributed by atoms with Gasteiger partial charge in [-0.25, -0.2) is 23.1 Å². The molecule has 0 radical (unpaired) electrons. The summed E-state index contributed by atoms with van der Waals surface area (Å²) in [6.45, 7) is 5.35. The van der Waals surface area contributed by atoms with Gasteiger partial charge in [0.25, 0.3) is 0 Å². The van der Waals surface area contributed by atoms with Gasteiger partial charge in [-0.05, 0) is 44.5 Å². The number of rotatable bonds is 3. The zero-order valence-corrected chi connectivity index (χ0v) is 16.6. The van der Waals surface area contributed by atoms with Crippen LogP contribution >= 0.6 is 0 Å². The maximum Gasteiger partial charge on any atom is 0.164 e. The summed E-state index contributed by atoms with van der Waals surface area (Å²) < 4.78 is 62.2. The largest absolute Gasteiger partial charge is 0.346 e. The Morgan fingerprint density at radius 1 is 1.07 bits per heavy atom. The summed E-state index contributed by atoms with van der Waals surface area (Å²) in [6.07, 6.45) is -1.64. The van der Waals surface area contributed by atoms with Gasteiger partial charge in [-0.1, -0.05) is 6.07 Å². The third-order valence-corrected chi connectivity index (χ3v) is 5.60. The molecule has 0 aliphatic carbocycles. The topological polar surface area (TPSA) is 58.4 Å². The summed E-state index contributed by atoms with van der Waals surface area (Å²) in [5, 5.41) is 0.844. The summed E-state index contributed by atoms with van der Waals surface area (Å²) in [6, 6.07) is 4.81. The van der Waals surface area contributed by atoms with Gasteiger partial charge in [0.1, 0.15) is 30.3 Å². The van der Waals surface area contributed by atoms with Crippen LogP contribution in [0.5, 0.6) is 0 Å². The first-order chi connectivity index (χ1) is 14.2. The lowest BCUT2D eigenvalue weighted by Gasteiger charge is -2.26. The highest BCUT2D eigenvalue weighted by molar-refractivity contribution is 5.78. The minimum absolute atomic E-state index is 0.0258. The molecule has 2 aliphatic rings. The Morgan fingerprint density at radius 2 is 1.83 bits per heavy atom. The second-order valence-corrected chi connectivity index (χ2v) is 8.05. The number of aromatic nitrogens is 3. The van der Waals surface area contributed by atoms with Crippen LogP contribution < -0.4 is 0 Å². The van der Waals surface area contributed by atoms with E-state index in [-0.39, 0.29) is 5.56 Å². The fraction of sp³-hybridized carbons (Fsp3) is 0.429. The Kier molecular flexibility index (Phi) is 4.39. The summed E-state index contributed by atoms with van der Waals surface area (Å²) in [4.78, 5) is 8.52. The number of halogens is 3. The van der Waals surface area contributed by atoms with Crippen LogP contribution in [0.15, 0.2) is 36.8 Å². The molecule has 1 aromatic carbocycles. The average molecular weight is 419 g/mol. The molecule has 6 nitrogen and oxygen atoms in total. The molecule has 4 heterocycles.